The summed E-state index contributed by atoms with van der Waals surface area (Å²) in [6.45, 7) is 1.92. The first-order valence-electron chi connectivity index (χ1n) is 8.04. The molecule has 0 bridgehead atoms. The van der Waals surface area contributed by atoms with E-state index >= 15 is 0 Å². The maximum atomic E-state index is 13.2. The molecule has 0 unspecified atom stereocenters. The molecule has 0 radical (unpaired) electrons. The third-order valence-electron chi connectivity index (χ3n) is 3.83. The zero-order valence-corrected chi connectivity index (χ0v) is 14.8. The summed E-state index contributed by atoms with van der Waals surface area (Å²) in [7, 11) is 0. The van der Waals surface area contributed by atoms with Crippen LogP contribution in [0.3, 0.4) is 0 Å². The Morgan fingerprint density at radius 3 is 2.69 bits per heavy atom. The molecule has 0 saturated heterocycles. The van der Waals surface area contributed by atoms with Gasteiger partial charge in [-0.3, -0.25) is 4.79 Å². The van der Waals surface area contributed by atoms with Crippen molar-refractivity contribution in [3.8, 4) is 0 Å². The minimum Gasteiger partial charge on any atom is -0.340 e. The summed E-state index contributed by atoms with van der Waals surface area (Å²) in [5.41, 5.74) is 2.99. The number of carbonyl (C=O) groups is 1. The summed E-state index contributed by atoms with van der Waals surface area (Å²) in [5.74, 6) is 0.0472. The molecule has 0 saturated carbocycles. The summed E-state index contributed by atoms with van der Waals surface area (Å²) < 4.78 is 13.2. The van der Waals surface area contributed by atoms with E-state index in [0.717, 1.165) is 11.3 Å². The number of anilines is 3. The molecule has 1 heterocycles. The lowest BCUT2D eigenvalue weighted by Crippen LogP contribution is -2.14. The standard InChI is InChI=1S/C20H17ClFN3O/c1-13-17(21)6-3-7-18(13)25-19-9-8-16(12-23-19)24-20(26)11-14-4-2-5-15(22)10-14/h2-10,12H,11H2,1H3,(H,23,25)(H,24,26). The SMILES string of the molecule is Cc1c(Cl)cccc1Nc1ccc(NC(=O)Cc2cccc(F)c2)cn1. The Morgan fingerprint density at radius 2 is 1.96 bits per heavy atom. The highest BCUT2D eigenvalue weighted by molar-refractivity contribution is 6.31. The van der Waals surface area contributed by atoms with Gasteiger partial charge in [-0.1, -0.05) is 29.8 Å². The van der Waals surface area contributed by atoms with Gasteiger partial charge in [0.05, 0.1) is 18.3 Å². The number of nitrogens with zero attached hydrogens (tertiary/aromatic N) is 1. The molecule has 0 atom stereocenters. The zero-order chi connectivity index (χ0) is 18.5. The highest BCUT2D eigenvalue weighted by Gasteiger charge is 2.07. The maximum Gasteiger partial charge on any atom is 0.228 e. The molecule has 2 aromatic carbocycles. The number of amides is 1. The number of carbonyl (C=O) groups excluding carboxylic acids is 1. The average molecular weight is 370 g/mol. The van der Waals surface area contributed by atoms with E-state index in [1.807, 2.05) is 25.1 Å². The van der Waals surface area contributed by atoms with Crippen LogP contribution >= 0.6 is 11.6 Å². The Labute approximate surface area is 156 Å². The van der Waals surface area contributed by atoms with Crippen LogP contribution in [0.25, 0.3) is 0 Å². The largest absolute Gasteiger partial charge is 0.340 e. The van der Waals surface area contributed by atoms with E-state index in [2.05, 4.69) is 15.6 Å². The summed E-state index contributed by atoms with van der Waals surface area (Å²) in [5, 5.41) is 6.62. The number of rotatable bonds is 5. The molecule has 3 aromatic rings. The van der Waals surface area contributed by atoms with Gasteiger partial charge in [0.15, 0.2) is 0 Å². The van der Waals surface area contributed by atoms with E-state index in [4.69, 9.17) is 11.6 Å². The fourth-order valence-corrected chi connectivity index (χ4v) is 2.63. The van der Waals surface area contributed by atoms with Crippen LogP contribution in [0.4, 0.5) is 21.6 Å². The molecular formula is C20H17ClFN3O. The molecule has 0 fully saturated rings. The van der Waals surface area contributed by atoms with Crippen molar-refractivity contribution in [2.24, 2.45) is 0 Å². The lowest BCUT2D eigenvalue weighted by atomic mass is 10.1. The monoisotopic (exact) mass is 369 g/mol. The van der Waals surface area contributed by atoms with E-state index in [0.29, 0.717) is 22.1 Å². The van der Waals surface area contributed by atoms with Gasteiger partial charge in [0, 0.05) is 10.7 Å². The van der Waals surface area contributed by atoms with Crippen LogP contribution in [0.5, 0.6) is 0 Å². The number of hydrogen-bond donors (Lipinski definition) is 2. The Kier molecular flexibility index (Phi) is 5.49. The van der Waals surface area contributed by atoms with Gasteiger partial charge >= 0.3 is 0 Å². The number of pyridine rings is 1. The average Bonchev–Trinajstić information content (AvgIpc) is 2.60. The first-order chi connectivity index (χ1) is 12.5. The molecule has 6 heteroatoms. The lowest BCUT2D eigenvalue weighted by molar-refractivity contribution is -0.115. The molecule has 0 aliphatic carbocycles. The molecule has 2 N–H and O–H groups in total. The fourth-order valence-electron chi connectivity index (χ4n) is 2.46. The maximum absolute atomic E-state index is 13.2. The summed E-state index contributed by atoms with van der Waals surface area (Å²) >= 11 is 6.11. The number of benzene rings is 2. The smallest absolute Gasteiger partial charge is 0.228 e. The van der Waals surface area contributed by atoms with Gasteiger partial charge in [-0.2, -0.15) is 0 Å². The minimum atomic E-state index is -0.358. The highest BCUT2D eigenvalue weighted by atomic mass is 35.5. The van der Waals surface area contributed by atoms with Crippen LogP contribution in [0.2, 0.25) is 5.02 Å². The molecule has 0 aliphatic rings. The number of nitrogens with one attached hydrogen (secondary N) is 2. The number of halogens is 2. The van der Waals surface area contributed by atoms with Crippen LogP contribution in [-0.4, -0.2) is 10.9 Å². The lowest BCUT2D eigenvalue weighted by Gasteiger charge is -2.11. The van der Waals surface area contributed by atoms with Crippen LogP contribution in [-0.2, 0) is 11.2 Å². The fraction of sp³-hybridized carbons (Fsp3) is 0.100. The van der Waals surface area contributed by atoms with Gasteiger partial charge in [0.2, 0.25) is 5.91 Å². The first kappa shape index (κ1) is 17.9. The number of hydrogen-bond acceptors (Lipinski definition) is 3. The Morgan fingerprint density at radius 1 is 1.15 bits per heavy atom. The topological polar surface area (TPSA) is 54.0 Å². The molecule has 1 amide bonds. The van der Waals surface area contributed by atoms with Crippen molar-refractivity contribution in [3.63, 3.8) is 0 Å². The normalized spacial score (nSPS) is 10.4. The van der Waals surface area contributed by atoms with Gasteiger partial charge in [0.1, 0.15) is 11.6 Å². The van der Waals surface area contributed by atoms with E-state index in [9.17, 15) is 9.18 Å². The predicted molar refractivity (Wildman–Crippen MR) is 102 cm³/mol. The molecule has 3 rings (SSSR count). The highest BCUT2D eigenvalue weighted by Crippen LogP contribution is 2.25. The van der Waals surface area contributed by atoms with Crippen molar-refractivity contribution in [3.05, 3.63) is 82.8 Å². The second-order valence-corrected chi connectivity index (χ2v) is 6.23. The second kappa shape index (κ2) is 7.97. The van der Waals surface area contributed by atoms with E-state index in [-0.39, 0.29) is 18.1 Å². The predicted octanol–water partition coefficient (Wildman–Crippen LogP) is 5.11. The molecule has 4 nitrogen and oxygen atoms in total. The van der Waals surface area contributed by atoms with Crippen molar-refractivity contribution < 1.29 is 9.18 Å². The Bertz CT molecular complexity index is 929. The third-order valence-corrected chi connectivity index (χ3v) is 4.24. The molecule has 0 aliphatic heterocycles. The Hall–Kier alpha value is -2.92. The van der Waals surface area contributed by atoms with Gasteiger partial charge in [-0.05, 0) is 54.4 Å². The molecule has 132 valence electrons. The molecule has 1 aromatic heterocycles. The summed E-state index contributed by atoms with van der Waals surface area (Å²) in [6.07, 6.45) is 1.66. The molecule has 26 heavy (non-hydrogen) atoms. The zero-order valence-electron chi connectivity index (χ0n) is 14.1. The van der Waals surface area contributed by atoms with E-state index < -0.39 is 0 Å². The number of aromatic nitrogens is 1. The minimum absolute atomic E-state index is 0.0967. The van der Waals surface area contributed by atoms with Gasteiger partial charge in [0.25, 0.3) is 0 Å². The Balaban J connectivity index is 1.62. The van der Waals surface area contributed by atoms with Crippen LogP contribution in [0, 0.1) is 12.7 Å². The molecular weight excluding hydrogens is 353 g/mol. The summed E-state index contributed by atoms with van der Waals surface area (Å²) in [6, 6.07) is 15.1. The van der Waals surface area contributed by atoms with Gasteiger partial charge in [-0.15, -0.1) is 0 Å². The summed E-state index contributed by atoms with van der Waals surface area (Å²) in [4.78, 5) is 16.3. The van der Waals surface area contributed by atoms with Crippen molar-refractivity contribution in [1.82, 2.24) is 4.98 Å². The molecule has 0 spiro atoms. The van der Waals surface area contributed by atoms with Crippen LogP contribution in [0.15, 0.2) is 60.8 Å². The second-order valence-electron chi connectivity index (χ2n) is 5.82. The van der Waals surface area contributed by atoms with Gasteiger partial charge < -0.3 is 10.6 Å². The third kappa shape index (κ3) is 4.58. The van der Waals surface area contributed by atoms with Crippen LogP contribution < -0.4 is 10.6 Å². The quantitative estimate of drug-likeness (QED) is 0.657. The van der Waals surface area contributed by atoms with E-state index in [1.54, 1.807) is 30.5 Å². The van der Waals surface area contributed by atoms with Crippen molar-refractivity contribution in [2.75, 3.05) is 10.6 Å². The van der Waals surface area contributed by atoms with Crippen molar-refractivity contribution >= 4 is 34.7 Å². The van der Waals surface area contributed by atoms with E-state index in [1.165, 1.54) is 12.1 Å². The van der Waals surface area contributed by atoms with Crippen molar-refractivity contribution in [1.29, 1.82) is 0 Å². The first-order valence-corrected chi connectivity index (χ1v) is 8.41. The van der Waals surface area contributed by atoms with Gasteiger partial charge in [-0.25, -0.2) is 9.37 Å². The van der Waals surface area contributed by atoms with Crippen LogP contribution in [0.1, 0.15) is 11.1 Å². The van der Waals surface area contributed by atoms with Crippen molar-refractivity contribution in [2.45, 2.75) is 13.3 Å².